The number of rotatable bonds is 2. The third kappa shape index (κ3) is 2.58. The zero-order valence-corrected chi connectivity index (χ0v) is 8.94. The molecule has 0 saturated heterocycles. The van der Waals surface area contributed by atoms with Gasteiger partial charge in [0.2, 0.25) is 5.91 Å². The second-order valence-corrected chi connectivity index (χ2v) is 4.13. The maximum atomic E-state index is 10.9. The van der Waals surface area contributed by atoms with Crippen molar-refractivity contribution in [1.29, 1.82) is 0 Å². The molecule has 15 heavy (non-hydrogen) atoms. The molecule has 4 nitrogen and oxygen atoms in total. The molecule has 1 aliphatic carbocycles. The summed E-state index contributed by atoms with van der Waals surface area (Å²) >= 11 is 0. The molecule has 1 heterocycles. The van der Waals surface area contributed by atoms with Gasteiger partial charge < -0.3 is 5.32 Å². The van der Waals surface area contributed by atoms with E-state index in [4.69, 9.17) is 0 Å². The number of aromatic nitrogens is 2. The van der Waals surface area contributed by atoms with Gasteiger partial charge in [-0.15, -0.1) is 0 Å². The van der Waals surface area contributed by atoms with Crippen molar-refractivity contribution in [3.8, 4) is 0 Å². The van der Waals surface area contributed by atoms with Gasteiger partial charge in [0, 0.05) is 25.2 Å². The fourth-order valence-electron chi connectivity index (χ4n) is 2.21. The SMILES string of the molecule is CC(=O)NC1CCC(n2c[c]cn2)CC1. The second-order valence-electron chi connectivity index (χ2n) is 4.13. The lowest BCUT2D eigenvalue weighted by Crippen LogP contribution is -2.36. The molecule has 0 aromatic carbocycles. The number of hydrogen-bond acceptors (Lipinski definition) is 2. The summed E-state index contributed by atoms with van der Waals surface area (Å²) in [5.41, 5.74) is 0. The summed E-state index contributed by atoms with van der Waals surface area (Å²) < 4.78 is 1.98. The minimum absolute atomic E-state index is 0.0749. The van der Waals surface area contributed by atoms with Gasteiger partial charge in [-0.2, -0.15) is 5.10 Å². The molecule has 4 heteroatoms. The van der Waals surface area contributed by atoms with Crippen LogP contribution in [0.25, 0.3) is 0 Å². The highest BCUT2D eigenvalue weighted by molar-refractivity contribution is 5.73. The molecule has 0 atom stereocenters. The van der Waals surface area contributed by atoms with Gasteiger partial charge in [-0.05, 0) is 25.7 Å². The highest BCUT2D eigenvalue weighted by Crippen LogP contribution is 2.27. The van der Waals surface area contributed by atoms with Crippen LogP contribution in [0.15, 0.2) is 12.4 Å². The van der Waals surface area contributed by atoms with Crippen molar-refractivity contribution in [1.82, 2.24) is 15.1 Å². The molecule has 0 spiro atoms. The van der Waals surface area contributed by atoms with Crippen molar-refractivity contribution in [3.63, 3.8) is 0 Å². The Balaban J connectivity index is 1.84. The van der Waals surface area contributed by atoms with Gasteiger partial charge >= 0.3 is 0 Å². The summed E-state index contributed by atoms with van der Waals surface area (Å²) in [6.45, 7) is 1.58. The van der Waals surface area contributed by atoms with Crippen molar-refractivity contribution in [2.45, 2.75) is 44.7 Å². The van der Waals surface area contributed by atoms with Crippen molar-refractivity contribution < 1.29 is 4.79 Å². The van der Waals surface area contributed by atoms with Crippen LogP contribution >= 0.6 is 0 Å². The zero-order valence-electron chi connectivity index (χ0n) is 8.94. The van der Waals surface area contributed by atoms with Gasteiger partial charge in [-0.3, -0.25) is 9.48 Å². The minimum atomic E-state index is 0.0749. The molecule has 1 aliphatic rings. The van der Waals surface area contributed by atoms with Crippen LogP contribution < -0.4 is 5.32 Å². The first-order valence-electron chi connectivity index (χ1n) is 5.43. The molecule has 0 unspecified atom stereocenters. The first-order valence-corrected chi connectivity index (χ1v) is 5.43. The highest BCUT2D eigenvalue weighted by atomic mass is 16.1. The van der Waals surface area contributed by atoms with E-state index in [1.807, 2.05) is 10.9 Å². The zero-order chi connectivity index (χ0) is 10.7. The van der Waals surface area contributed by atoms with Gasteiger partial charge in [0.25, 0.3) is 0 Å². The Morgan fingerprint density at radius 1 is 1.47 bits per heavy atom. The summed E-state index contributed by atoms with van der Waals surface area (Å²) in [6.07, 6.45) is 7.85. The Kier molecular flexibility index (Phi) is 3.04. The normalized spacial score (nSPS) is 26.2. The topological polar surface area (TPSA) is 46.9 Å². The van der Waals surface area contributed by atoms with E-state index >= 15 is 0 Å². The van der Waals surface area contributed by atoms with Crippen LogP contribution in [0, 0.1) is 6.07 Å². The number of amides is 1. The molecule has 2 rings (SSSR count). The Labute approximate surface area is 89.7 Å². The molecule has 1 saturated carbocycles. The van der Waals surface area contributed by atoms with E-state index in [0.717, 1.165) is 25.7 Å². The summed E-state index contributed by atoms with van der Waals surface area (Å²) in [7, 11) is 0. The molecule has 0 bridgehead atoms. The summed E-state index contributed by atoms with van der Waals surface area (Å²) in [5, 5.41) is 7.17. The highest BCUT2D eigenvalue weighted by Gasteiger charge is 2.22. The summed E-state index contributed by atoms with van der Waals surface area (Å²) in [4.78, 5) is 10.9. The van der Waals surface area contributed by atoms with Crippen molar-refractivity contribution in [2.24, 2.45) is 0 Å². The standard InChI is InChI=1S/C11H16N3O/c1-9(15)13-10-3-5-11(6-4-10)14-8-2-7-12-14/h7-8,10-11H,3-6H2,1H3,(H,13,15). The largest absolute Gasteiger partial charge is 0.354 e. The summed E-state index contributed by atoms with van der Waals surface area (Å²) in [6, 6.07) is 3.80. The second kappa shape index (κ2) is 4.47. The first-order chi connectivity index (χ1) is 7.25. The quantitative estimate of drug-likeness (QED) is 0.793. The van der Waals surface area contributed by atoms with Crippen LogP contribution in [0.3, 0.4) is 0 Å². The van der Waals surface area contributed by atoms with Gasteiger partial charge in [-0.25, -0.2) is 0 Å². The van der Waals surface area contributed by atoms with E-state index in [9.17, 15) is 4.79 Å². The summed E-state index contributed by atoms with van der Waals surface area (Å²) in [5.74, 6) is 0.0749. The number of nitrogens with zero attached hydrogens (tertiary/aromatic N) is 2. The van der Waals surface area contributed by atoms with Crippen LogP contribution in [-0.4, -0.2) is 21.7 Å². The van der Waals surface area contributed by atoms with Gasteiger partial charge in [0.15, 0.2) is 0 Å². The fourth-order valence-corrected chi connectivity index (χ4v) is 2.21. The molecule has 1 aromatic heterocycles. The van der Waals surface area contributed by atoms with Crippen LogP contribution in [0.2, 0.25) is 0 Å². The molecule has 1 fully saturated rings. The Morgan fingerprint density at radius 2 is 2.20 bits per heavy atom. The van der Waals surface area contributed by atoms with E-state index < -0.39 is 0 Å². The fraction of sp³-hybridized carbons (Fsp3) is 0.636. The molecular formula is C11H16N3O. The van der Waals surface area contributed by atoms with Crippen molar-refractivity contribution >= 4 is 5.91 Å². The predicted molar refractivity (Wildman–Crippen MR) is 56.2 cm³/mol. The van der Waals surface area contributed by atoms with E-state index in [0.29, 0.717) is 12.1 Å². The molecule has 1 amide bonds. The monoisotopic (exact) mass is 206 g/mol. The van der Waals surface area contributed by atoms with E-state index in [2.05, 4.69) is 16.5 Å². The first kappa shape index (κ1) is 10.2. The molecule has 1 N–H and O–H groups in total. The minimum Gasteiger partial charge on any atom is -0.354 e. The average Bonchev–Trinajstić information content (AvgIpc) is 2.71. The van der Waals surface area contributed by atoms with E-state index in [1.165, 1.54) is 0 Å². The lowest BCUT2D eigenvalue weighted by atomic mass is 9.91. The van der Waals surface area contributed by atoms with Crippen molar-refractivity contribution in [2.75, 3.05) is 0 Å². The van der Waals surface area contributed by atoms with Crippen LogP contribution in [-0.2, 0) is 4.79 Å². The van der Waals surface area contributed by atoms with Gasteiger partial charge in [0.05, 0.1) is 12.2 Å². The lowest BCUT2D eigenvalue weighted by molar-refractivity contribution is -0.119. The van der Waals surface area contributed by atoms with Gasteiger partial charge in [0.1, 0.15) is 0 Å². The molecule has 0 aliphatic heterocycles. The number of hydrogen-bond donors (Lipinski definition) is 1. The van der Waals surface area contributed by atoms with Crippen LogP contribution in [0.5, 0.6) is 0 Å². The maximum Gasteiger partial charge on any atom is 0.217 e. The van der Waals surface area contributed by atoms with Gasteiger partial charge in [-0.1, -0.05) is 0 Å². The maximum absolute atomic E-state index is 10.9. The Hall–Kier alpha value is -1.32. The Bertz CT molecular complexity index is 313. The van der Waals surface area contributed by atoms with E-state index in [1.54, 1.807) is 13.1 Å². The van der Waals surface area contributed by atoms with E-state index in [-0.39, 0.29) is 5.91 Å². The molecule has 1 aromatic rings. The van der Waals surface area contributed by atoms with Crippen LogP contribution in [0.4, 0.5) is 0 Å². The molecular weight excluding hydrogens is 190 g/mol. The number of carbonyl (C=O) groups is 1. The average molecular weight is 206 g/mol. The Morgan fingerprint density at radius 3 is 2.73 bits per heavy atom. The van der Waals surface area contributed by atoms with Crippen molar-refractivity contribution in [3.05, 3.63) is 18.5 Å². The predicted octanol–water partition coefficient (Wildman–Crippen LogP) is 1.30. The number of nitrogens with one attached hydrogen (secondary N) is 1. The lowest BCUT2D eigenvalue weighted by Gasteiger charge is -2.28. The molecule has 1 radical (unpaired) electrons. The molecule has 81 valence electrons. The number of carbonyl (C=O) groups excluding carboxylic acids is 1. The van der Waals surface area contributed by atoms with Crippen LogP contribution in [0.1, 0.15) is 38.6 Å². The third-order valence-corrected chi connectivity index (χ3v) is 2.95. The third-order valence-electron chi connectivity index (χ3n) is 2.95. The smallest absolute Gasteiger partial charge is 0.217 e.